The van der Waals surface area contributed by atoms with Gasteiger partial charge in [-0.2, -0.15) is 5.10 Å². The summed E-state index contributed by atoms with van der Waals surface area (Å²) in [6, 6.07) is 14.4. The van der Waals surface area contributed by atoms with Crippen LogP contribution in [0.25, 0.3) is 0 Å². The number of hydrogen-bond acceptors (Lipinski definition) is 4. The lowest BCUT2D eigenvalue weighted by Gasteiger charge is -2.08. The zero-order chi connectivity index (χ0) is 19.3. The molecule has 0 unspecified atom stereocenters. The van der Waals surface area contributed by atoms with Crippen LogP contribution in [0.4, 0.5) is 0 Å². The Morgan fingerprint density at radius 1 is 1.07 bits per heavy atom. The number of carbonyl (C=O) groups excluding carboxylic acids is 1. The first-order chi connectivity index (χ1) is 13.2. The van der Waals surface area contributed by atoms with E-state index in [0.717, 1.165) is 24.2 Å². The summed E-state index contributed by atoms with van der Waals surface area (Å²) in [4.78, 5) is 11.8. The van der Waals surface area contributed by atoms with Gasteiger partial charge in [0.05, 0.1) is 12.8 Å². The number of hydrazone groups is 1. The minimum Gasteiger partial charge on any atom is -0.493 e. The highest BCUT2D eigenvalue weighted by molar-refractivity contribution is 6.30. The summed E-state index contributed by atoms with van der Waals surface area (Å²) in [6.45, 7) is 2.72. The van der Waals surface area contributed by atoms with Gasteiger partial charge < -0.3 is 9.47 Å². The molecule has 0 bridgehead atoms. The van der Waals surface area contributed by atoms with Crippen LogP contribution >= 0.6 is 11.6 Å². The van der Waals surface area contributed by atoms with E-state index >= 15 is 0 Å². The molecule has 1 N–H and O–H groups in total. The van der Waals surface area contributed by atoms with E-state index in [1.165, 1.54) is 12.8 Å². The van der Waals surface area contributed by atoms with Crippen molar-refractivity contribution in [2.24, 2.45) is 5.10 Å². The van der Waals surface area contributed by atoms with Crippen molar-refractivity contribution in [1.82, 2.24) is 5.43 Å². The van der Waals surface area contributed by atoms with Crippen LogP contribution in [0.2, 0.25) is 5.02 Å². The van der Waals surface area contributed by atoms with E-state index in [1.807, 2.05) is 24.3 Å². The van der Waals surface area contributed by atoms with Crippen molar-refractivity contribution in [3.8, 4) is 11.5 Å². The zero-order valence-corrected chi connectivity index (χ0v) is 16.2. The zero-order valence-electron chi connectivity index (χ0n) is 15.5. The van der Waals surface area contributed by atoms with E-state index in [1.54, 1.807) is 30.5 Å². The average Bonchev–Trinajstić information content (AvgIpc) is 2.68. The minimum atomic E-state index is -0.348. The fourth-order valence-corrected chi connectivity index (χ4v) is 2.44. The molecule has 6 heteroatoms. The van der Waals surface area contributed by atoms with Crippen LogP contribution in [0, 0.1) is 0 Å². The highest BCUT2D eigenvalue weighted by Gasteiger charge is 2.03. The third-order valence-electron chi connectivity index (χ3n) is 3.75. The summed E-state index contributed by atoms with van der Waals surface area (Å²) < 4.78 is 11.2. The predicted molar refractivity (Wildman–Crippen MR) is 109 cm³/mol. The van der Waals surface area contributed by atoms with Gasteiger partial charge in [-0.3, -0.25) is 4.79 Å². The molecule has 0 radical (unpaired) electrons. The van der Waals surface area contributed by atoms with Crippen molar-refractivity contribution < 1.29 is 14.3 Å². The number of nitrogens with zero attached hydrogens (tertiary/aromatic N) is 1. The summed E-state index contributed by atoms with van der Waals surface area (Å²) in [7, 11) is 0. The number of hydrogen-bond donors (Lipinski definition) is 1. The van der Waals surface area contributed by atoms with E-state index in [-0.39, 0.29) is 12.5 Å². The third kappa shape index (κ3) is 8.13. The molecule has 0 heterocycles. The van der Waals surface area contributed by atoms with Gasteiger partial charge in [-0.15, -0.1) is 0 Å². The first-order valence-electron chi connectivity index (χ1n) is 9.11. The molecule has 0 fully saturated rings. The topological polar surface area (TPSA) is 59.9 Å². The molecule has 0 aliphatic rings. The van der Waals surface area contributed by atoms with Crippen LogP contribution < -0.4 is 14.9 Å². The lowest BCUT2D eigenvalue weighted by molar-refractivity contribution is -0.123. The third-order valence-corrected chi connectivity index (χ3v) is 4.00. The smallest absolute Gasteiger partial charge is 0.277 e. The average molecular weight is 389 g/mol. The highest BCUT2D eigenvalue weighted by Crippen LogP contribution is 2.17. The van der Waals surface area contributed by atoms with Crippen molar-refractivity contribution in [3.63, 3.8) is 0 Å². The predicted octanol–water partition coefficient (Wildman–Crippen LogP) is 4.83. The number of para-hydroxylation sites is 1. The van der Waals surface area contributed by atoms with Crippen molar-refractivity contribution in [1.29, 1.82) is 0 Å². The van der Waals surface area contributed by atoms with Crippen LogP contribution in [-0.4, -0.2) is 25.3 Å². The van der Waals surface area contributed by atoms with E-state index in [0.29, 0.717) is 17.4 Å². The molecule has 27 heavy (non-hydrogen) atoms. The van der Waals surface area contributed by atoms with Crippen LogP contribution in [0.3, 0.4) is 0 Å². The van der Waals surface area contributed by atoms with Gasteiger partial charge in [0.25, 0.3) is 5.91 Å². The van der Waals surface area contributed by atoms with Gasteiger partial charge in [-0.05, 0) is 42.8 Å². The highest BCUT2D eigenvalue weighted by atomic mass is 35.5. The number of nitrogens with one attached hydrogen (secondary N) is 1. The second-order valence-corrected chi connectivity index (χ2v) is 6.42. The van der Waals surface area contributed by atoms with Gasteiger partial charge in [0.15, 0.2) is 6.61 Å². The molecule has 0 saturated heterocycles. The first kappa shape index (κ1) is 20.8. The van der Waals surface area contributed by atoms with Gasteiger partial charge in [-0.25, -0.2) is 5.43 Å². The number of ether oxygens (including phenoxy) is 2. The molecule has 0 aromatic heterocycles. The summed E-state index contributed by atoms with van der Waals surface area (Å²) in [6.07, 6.45) is 6.18. The maximum atomic E-state index is 11.8. The Morgan fingerprint density at radius 3 is 2.63 bits per heavy atom. The molecule has 144 valence electrons. The Hall–Kier alpha value is -2.53. The quantitative estimate of drug-likeness (QED) is 0.341. The van der Waals surface area contributed by atoms with E-state index in [4.69, 9.17) is 21.1 Å². The Bertz CT molecular complexity index is 732. The Morgan fingerprint density at radius 2 is 1.85 bits per heavy atom. The molecule has 0 saturated carbocycles. The summed E-state index contributed by atoms with van der Waals surface area (Å²) in [5.74, 6) is 0.976. The second kappa shape index (κ2) is 12.0. The second-order valence-electron chi connectivity index (χ2n) is 5.98. The van der Waals surface area contributed by atoms with Gasteiger partial charge in [0.2, 0.25) is 0 Å². The number of unbranched alkanes of at least 4 members (excludes halogenated alkanes) is 3. The molecule has 0 spiro atoms. The number of amides is 1. The van der Waals surface area contributed by atoms with Crippen molar-refractivity contribution >= 4 is 23.7 Å². The fourth-order valence-electron chi connectivity index (χ4n) is 2.32. The molecule has 0 aliphatic carbocycles. The van der Waals surface area contributed by atoms with Crippen molar-refractivity contribution in [3.05, 3.63) is 59.1 Å². The summed E-state index contributed by atoms with van der Waals surface area (Å²) in [5.41, 5.74) is 3.26. The maximum Gasteiger partial charge on any atom is 0.277 e. The Balaban J connectivity index is 1.77. The first-order valence-corrected chi connectivity index (χ1v) is 9.49. The summed E-state index contributed by atoms with van der Waals surface area (Å²) in [5, 5.41) is 4.59. The fraction of sp³-hybridized carbons (Fsp3) is 0.333. The van der Waals surface area contributed by atoms with Gasteiger partial charge in [-0.1, -0.05) is 49.9 Å². The molecular weight excluding hydrogens is 364 g/mol. The van der Waals surface area contributed by atoms with Crippen LogP contribution in [-0.2, 0) is 4.79 Å². The van der Waals surface area contributed by atoms with Crippen LogP contribution in [0.15, 0.2) is 53.6 Å². The van der Waals surface area contributed by atoms with Gasteiger partial charge in [0.1, 0.15) is 11.5 Å². The standard InChI is InChI=1S/C21H25ClN2O3/c1-2-3-4-7-14-26-20-9-6-5-8-17(20)15-23-24-21(25)16-27-19-12-10-18(22)11-13-19/h5-6,8-13,15H,2-4,7,14,16H2,1H3,(H,24,25)/b23-15+. The maximum absolute atomic E-state index is 11.8. The lowest BCUT2D eigenvalue weighted by atomic mass is 10.2. The molecule has 2 aromatic rings. The number of halogens is 1. The molecule has 1 amide bonds. The molecule has 0 aliphatic heterocycles. The lowest BCUT2D eigenvalue weighted by Crippen LogP contribution is -2.24. The SMILES string of the molecule is CCCCCCOc1ccccc1/C=N/NC(=O)COc1ccc(Cl)cc1. The molecule has 0 atom stereocenters. The normalized spacial score (nSPS) is 10.7. The number of carbonyl (C=O) groups is 1. The minimum absolute atomic E-state index is 0.130. The largest absolute Gasteiger partial charge is 0.493 e. The van der Waals surface area contributed by atoms with E-state index in [9.17, 15) is 4.79 Å². The van der Waals surface area contributed by atoms with Crippen molar-refractivity contribution in [2.45, 2.75) is 32.6 Å². The Kier molecular flexibility index (Phi) is 9.21. The Labute approximate surface area is 165 Å². The molecule has 2 rings (SSSR count). The molecule has 2 aromatic carbocycles. The van der Waals surface area contributed by atoms with Crippen molar-refractivity contribution in [2.75, 3.05) is 13.2 Å². The van der Waals surface area contributed by atoms with E-state index < -0.39 is 0 Å². The van der Waals surface area contributed by atoms with Crippen LogP contribution in [0.1, 0.15) is 38.2 Å². The molecule has 5 nitrogen and oxygen atoms in total. The van der Waals surface area contributed by atoms with Gasteiger partial charge in [0, 0.05) is 10.6 Å². The van der Waals surface area contributed by atoms with Gasteiger partial charge >= 0.3 is 0 Å². The molecular formula is C21H25ClN2O3. The monoisotopic (exact) mass is 388 g/mol. The number of rotatable bonds is 11. The summed E-state index contributed by atoms with van der Waals surface area (Å²) >= 11 is 5.80. The van der Waals surface area contributed by atoms with E-state index in [2.05, 4.69) is 17.5 Å². The number of benzene rings is 2. The van der Waals surface area contributed by atoms with Crippen LogP contribution in [0.5, 0.6) is 11.5 Å².